The Bertz CT molecular complexity index is 550. The first-order valence-corrected chi connectivity index (χ1v) is 6.80. The molecule has 18 heavy (non-hydrogen) atoms. The summed E-state index contributed by atoms with van der Waals surface area (Å²) in [5, 5.41) is 1.31. The molecule has 1 aromatic carbocycles. The summed E-state index contributed by atoms with van der Waals surface area (Å²) in [5.41, 5.74) is 9.52. The predicted molar refractivity (Wildman–Crippen MR) is 76.5 cm³/mol. The molecule has 0 bridgehead atoms. The second-order valence-electron chi connectivity index (χ2n) is 5.35. The van der Waals surface area contributed by atoms with Gasteiger partial charge in [0.15, 0.2) is 0 Å². The van der Waals surface area contributed by atoms with Crippen molar-refractivity contribution in [3.05, 3.63) is 30.0 Å². The Morgan fingerprint density at radius 2 is 1.94 bits per heavy atom. The van der Waals surface area contributed by atoms with E-state index in [4.69, 9.17) is 5.73 Å². The van der Waals surface area contributed by atoms with E-state index in [1.54, 1.807) is 0 Å². The number of benzene rings is 1. The number of nitrogens with two attached hydrogens (primary N) is 1. The van der Waals surface area contributed by atoms with Crippen LogP contribution in [0, 0.1) is 0 Å². The van der Waals surface area contributed by atoms with Crippen LogP contribution in [0.2, 0.25) is 0 Å². The van der Waals surface area contributed by atoms with Crippen LogP contribution in [0.5, 0.6) is 0 Å². The standard InChI is InChI=1S/C15H21N3/c1-17-10-12(11-18-8-3-2-4-9-18)13-6-5-7-14(16)15(13)17/h5-7,10H,2-4,8-9,11,16H2,1H3. The first-order valence-electron chi connectivity index (χ1n) is 6.80. The monoisotopic (exact) mass is 243 g/mol. The average Bonchev–Trinajstić information content (AvgIpc) is 2.69. The van der Waals surface area contributed by atoms with Gasteiger partial charge in [0.2, 0.25) is 0 Å². The molecule has 1 aromatic heterocycles. The maximum atomic E-state index is 6.07. The molecule has 0 atom stereocenters. The molecule has 0 unspecified atom stereocenters. The highest BCUT2D eigenvalue weighted by Gasteiger charge is 2.14. The fourth-order valence-electron chi connectivity index (χ4n) is 3.07. The fraction of sp³-hybridized carbons (Fsp3) is 0.467. The van der Waals surface area contributed by atoms with E-state index in [-0.39, 0.29) is 0 Å². The largest absolute Gasteiger partial charge is 0.397 e. The van der Waals surface area contributed by atoms with Gasteiger partial charge in [-0.2, -0.15) is 0 Å². The van der Waals surface area contributed by atoms with Gasteiger partial charge in [-0.3, -0.25) is 4.90 Å². The smallest absolute Gasteiger partial charge is 0.0714 e. The zero-order valence-corrected chi connectivity index (χ0v) is 11.0. The van der Waals surface area contributed by atoms with E-state index in [9.17, 15) is 0 Å². The normalized spacial score (nSPS) is 17.4. The summed E-state index contributed by atoms with van der Waals surface area (Å²) in [6.07, 6.45) is 6.30. The molecule has 0 amide bonds. The summed E-state index contributed by atoms with van der Waals surface area (Å²) >= 11 is 0. The van der Waals surface area contributed by atoms with Crippen molar-refractivity contribution in [2.24, 2.45) is 7.05 Å². The van der Waals surface area contributed by atoms with E-state index in [1.807, 2.05) is 6.07 Å². The summed E-state index contributed by atoms with van der Waals surface area (Å²) in [6.45, 7) is 3.53. The zero-order chi connectivity index (χ0) is 12.5. The number of piperidine rings is 1. The van der Waals surface area contributed by atoms with Crippen molar-refractivity contribution >= 4 is 16.6 Å². The number of anilines is 1. The van der Waals surface area contributed by atoms with Gasteiger partial charge in [0.05, 0.1) is 11.2 Å². The summed E-state index contributed by atoms with van der Waals surface area (Å²) < 4.78 is 2.16. The Labute approximate surface area is 108 Å². The molecule has 3 heteroatoms. The number of para-hydroxylation sites is 1. The highest BCUT2D eigenvalue weighted by Crippen LogP contribution is 2.27. The summed E-state index contributed by atoms with van der Waals surface area (Å²) in [4.78, 5) is 2.56. The molecule has 2 heterocycles. The summed E-state index contributed by atoms with van der Waals surface area (Å²) in [7, 11) is 2.08. The van der Waals surface area contributed by atoms with Gasteiger partial charge in [0.1, 0.15) is 0 Å². The maximum Gasteiger partial charge on any atom is 0.0714 e. The number of hydrogen-bond acceptors (Lipinski definition) is 2. The molecule has 0 spiro atoms. The van der Waals surface area contributed by atoms with E-state index in [2.05, 4.69) is 34.8 Å². The number of fused-ring (bicyclic) bond motifs is 1. The molecular formula is C15H21N3. The number of likely N-dealkylation sites (tertiary alicyclic amines) is 1. The van der Waals surface area contributed by atoms with Crippen LogP contribution in [-0.2, 0) is 13.6 Å². The third-order valence-electron chi connectivity index (χ3n) is 3.96. The first-order chi connectivity index (χ1) is 8.75. The minimum absolute atomic E-state index is 0.875. The lowest BCUT2D eigenvalue weighted by molar-refractivity contribution is 0.221. The molecule has 1 fully saturated rings. The third kappa shape index (κ3) is 1.99. The number of aryl methyl sites for hydroxylation is 1. The van der Waals surface area contributed by atoms with Gasteiger partial charge in [-0.1, -0.05) is 18.6 Å². The molecular weight excluding hydrogens is 222 g/mol. The Morgan fingerprint density at radius 1 is 1.17 bits per heavy atom. The van der Waals surface area contributed by atoms with Gasteiger partial charge in [0, 0.05) is 25.2 Å². The third-order valence-corrected chi connectivity index (χ3v) is 3.96. The van der Waals surface area contributed by atoms with E-state index in [0.29, 0.717) is 0 Å². The molecule has 1 aliphatic rings. The van der Waals surface area contributed by atoms with Crippen LogP contribution in [0.15, 0.2) is 24.4 Å². The van der Waals surface area contributed by atoms with Crippen LogP contribution in [-0.4, -0.2) is 22.6 Å². The fourth-order valence-corrected chi connectivity index (χ4v) is 3.07. The van der Waals surface area contributed by atoms with E-state index in [1.165, 1.54) is 48.8 Å². The van der Waals surface area contributed by atoms with Crippen molar-refractivity contribution < 1.29 is 0 Å². The second kappa shape index (κ2) is 4.65. The summed E-state index contributed by atoms with van der Waals surface area (Å²) in [5.74, 6) is 0. The molecule has 96 valence electrons. The van der Waals surface area contributed by atoms with Crippen molar-refractivity contribution in [2.45, 2.75) is 25.8 Å². The van der Waals surface area contributed by atoms with Crippen molar-refractivity contribution in [1.82, 2.24) is 9.47 Å². The van der Waals surface area contributed by atoms with Crippen molar-refractivity contribution in [1.29, 1.82) is 0 Å². The molecule has 2 aromatic rings. The van der Waals surface area contributed by atoms with Gasteiger partial charge < -0.3 is 10.3 Å². The minimum atomic E-state index is 0.875. The number of rotatable bonds is 2. The van der Waals surface area contributed by atoms with Gasteiger partial charge >= 0.3 is 0 Å². The van der Waals surface area contributed by atoms with Crippen LogP contribution in [0.1, 0.15) is 24.8 Å². The highest BCUT2D eigenvalue weighted by atomic mass is 15.1. The highest BCUT2D eigenvalue weighted by molar-refractivity contribution is 5.93. The Morgan fingerprint density at radius 3 is 2.72 bits per heavy atom. The summed E-state index contributed by atoms with van der Waals surface area (Å²) in [6, 6.07) is 6.22. The predicted octanol–water partition coefficient (Wildman–Crippen LogP) is 2.75. The Balaban J connectivity index is 1.94. The number of nitrogen functional groups attached to an aromatic ring is 1. The molecule has 2 N–H and O–H groups in total. The van der Waals surface area contributed by atoms with E-state index in [0.717, 1.165) is 12.2 Å². The molecule has 1 saturated heterocycles. The SMILES string of the molecule is Cn1cc(CN2CCCCC2)c2cccc(N)c21. The zero-order valence-electron chi connectivity index (χ0n) is 11.0. The quantitative estimate of drug-likeness (QED) is 0.823. The van der Waals surface area contributed by atoms with Gasteiger partial charge in [0.25, 0.3) is 0 Å². The number of nitrogens with zero attached hydrogens (tertiary/aromatic N) is 2. The average molecular weight is 243 g/mol. The second-order valence-corrected chi connectivity index (χ2v) is 5.35. The van der Waals surface area contributed by atoms with Crippen LogP contribution in [0.25, 0.3) is 10.9 Å². The van der Waals surface area contributed by atoms with Crippen LogP contribution in [0.4, 0.5) is 5.69 Å². The maximum absolute atomic E-state index is 6.07. The number of aromatic nitrogens is 1. The lowest BCUT2D eigenvalue weighted by Crippen LogP contribution is -2.28. The molecule has 1 aliphatic heterocycles. The van der Waals surface area contributed by atoms with Crippen LogP contribution >= 0.6 is 0 Å². The molecule has 0 saturated carbocycles. The van der Waals surface area contributed by atoms with Crippen LogP contribution < -0.4 is 5.73 Å². The van der Waals surface area contributed by atoms with E-state index < -0.39 is 0 Å². The molecule has 0 aliphatic carbocycles. The minimum Gasteiger partial charge on any atom is -0.397 e. The van der Waals surface area contributed by atoms with Gasteiger partial charge in [-0.05, 0) is 37.6 Å². The lowest BCUT2D eigenvalue weighted by Gasteiger charge is -2.26. The van der Waals surface area contributed by atoms with Crippen LogP contribution in [0.3, 0.4) is 0 Å². The lowest BCUT2D eigenvalue weighted by atomic mass is 10.1. The van der Waals surface area contributed by atoms with Crippen molar-refractivity contribution in [3.63, 3.8) is 0 Å². The van der Waals surface area contributed by atoms with E-state index >= 15 is 0 Å². The topological polar surface area (TPSA) is 34.2 Å². The molecule has 0 radical (unpaired) electrons. The first kappa shape index (κ1) is 11.6. The molecule has 3 rings (SSSR count). The Hall–Kier alpha value is -1.48. The van der Waals surface area contributed by atoms with Crippen molar-refractivity contribution in [3.8, 4) is 0 Å². The number of hydrogen-bond donors (Lipinski definition) is 1. The van der Waals surface area contributed by atoms with Gasteiger partial charge in [-0.15, -0.1) is 0 Å². The Kier molecular flexibility index (Phi) is 3.00. The van der Waals surface area contributed by atoms with Crippen molar-refractivity contribution in [2.75, 3.05) is 18.8 Å². The molecule has 3 nitrogen and oxygen atoms in total. The van der Waals surface area contributed by atoms with Gasteiger partial charge in [-0.25, -0.2) is 0 Å².